The summed E-state index contributed by atoms with van der Waals surface area (Å²) in [5, 5.41) is 1.16. The largest absolute Gasteiger partial charge is 0.329 e. The maximum Gasteiger partial charge on any atom is 0.0897 e. The average molecular weight is 313 g/mol. The van der Waals surface area contributed by atoms with E-state index >= 15 is 0 Å². The van der Waals surface area contributed by atoms with Crippen molar-refractivity contribution in [1.29, 1.82) is 0 Å². The van der Waals surface area contributed by atoms with Gasteiger partial charge in [-0.25, -0.2) is 4.98 Å². The molecule has 1 fully saturated rings. The molecular formula is C11H22Cl2N4S. The van der Waals surface area contributed by atoms with E-state index in [2.05, 4.69) is 21.7 Å². The minimum absolute atomic E-state index is 0. The van der Waals surface area contributed by atoms with Crippen molar-refractivity contribution in [3.63, 3.8) is 0 Å². The Morgan fingerprint density at radius 1 is 1.22 bits per heavy atom. The number of piperazine rings is 1. The molecule has 1 aromatic rings. The number of rotatable bonds is 4. The van der Waals surface area contributed by atoms with Crippen LogP contribution in [-0.2, 0) is 6.54 Å². The van der Waals surface area contributed by atoms with Gasteiger partial charge in [0.1, 0.15) is 0 Å². The second kappa shape index (κ2) is 9.07. The van der Waals surface area contributed by atoms with E-state index in [0.717, 1.165) is 50.8 Å². The van der Waals surface area contributed by atoms with Crippen LogP contribution >= 0.6 is 36.2 Å². The van der Waals surface area contributed by atoms with Gasteiger partial charge in [0.15, 0.2) is 0 Å². The zero-order valence-corrected chi connectivity index (χ0v) is 13.1. The molecule has 2 rings (SSSR count). The molecular weight excluding hydrogens is 291 g/mol. The van der Waals surface area contributed by atoms with Gasteiger partial charge in [-0.15, -0.1) is 36.2 Å². The first-order valence-corrected chi connectivity index (χ1v) is 6.65. The number of thiazole rings is 1. The summed E-state index contributed by atoms with van der Waals surface area (Å²) in [6.45, 7) is 9.52. The van der Waals surface area contributed by atoms with Gasteiger partial charge in [-0.3, -0.25) is 9.80 Å². The highest BCUT2D eigenvalue weighted by atomic mass is 35.5. The van der Waals surface area contributed by atoms with Crippen LogP contribution in [0.15, 0.2) is 6.20 Å². The Morgan fingerprint density at radius 2 is 1.83 bits per heavy atom. The first-order chi connectivity index (χ1) is 7.78. The molecule has 0 amide bonds. The van der Waals surface area contributed by atoms with Crippen molar-refractivity contribution in [3.05, 3.63) is 16.1 Å². The third kappa shape index (κ3) is 5.38. The van der Waals surface area contributed by atoms with Gasteiger partial charge in [0.05, 0.1) is 5.01 Å². The van der Waals surface area contributed by atoms with E-state index in [1.807, 2.05) is 6.20 Å². The van der Waals surface area contributed by atoms with Crippen molar-refractivity contribution in [3.8, 4) is 0 Å². The van der Waals surface area contributed by atoms with Crippen molar-refractivity contribution in [2.75, 3.05) is 39.3 Å². The van der Waals surface area contributed by atoms with E-state index in [4.69, 9.17) is 5.73 Å². The molecule has 1 saturated heterocycles. The number of aryl methyl sites for hydroxylation is 1. The lowest BCUT2D eigenvalue weighted by molar-refractivity contribution is 0.130. The van der Waals surface area contributed by atoms with Crippen molar-refractivity contribution >= 4 is 36.2 Å². The van der Waals surface area contributed by atoms with Gasteiger partial charge < -0.3 is 5.73 Å². The van der Waals surface area contributed by atoms with Gasteiger partial charge in [-0.2, -0.15) is 0 Å². The van der Waals surface area contributed by atoms with Crippen LogP contribution in [0.25, 0.3) is 0 Å². The number of nitrogens with zero attached hydrogens (tertiary/aromatic N) is 3. The van der Waals surface area contributed by atoms with E-state index < -0.39 is 0 Å². The Kier molecular flexibility index (Phi) is 9.11. The minimum atomic E-state index is 0. The summed E-state index contributed by atoms with van der Waals surface area (Å²) in [5.74, 6) is 0. The number of halogens is 2. The average Bonchev–Trinajstić information content (AvgIpc) is 2.67. The second-order valence-electron chi connectivity index (χ2n) is 4.25. The van der Waals surface area contributed by atoms with E-state index in [1.165, 1.54) is 4.88 Å². The lowest BCUT2D eigenvalue weighted by atomic mass is 10.3. The second-order valence-corrected chi connectivity index (χ2v) is 5.57. The maximum absolute atomic E-state index is 5.56. The van der Waals surface area contributed by atoms with Crippen LogP contribution < -0.4 is 5.73 Å². The van der Waals surface area contributed by atoms with Gasteiger partial charge in [0.25, 0.3) is 0 Å². The van der Waals surface area contributed by atoms with E-state index in [1.54, 1.807) is 11.3 Å². The van der Waals surface area contributed by atoms with E-state index in [9.17, 15) is 0 Å². The molecule has 2 N–H and O–H groups in total. The number of aromatic nitrogens is 1. The molecule has 0 aromatic carbocycles. The van der Waals surface area contributed by atoms with Gasteiger partial charge in [0, 0.05) is 56.9 Å². The van der Waals surface area contributed by atoms with Gasteiger partial charge in [-0.1, -0.05) is 0 Å². The highest BCUT2D eigenvalue weighted by Crippen LogP contribution is 2.15. The van der Waals surface area contributed by atoms with Crippen molar-refractivity contribution in [2.24, 2.45) is 5.73 Å². The van der Waals surface area contributed by atoms with Crippen LogP contribution in [0, 0.1) is 6.92 Å². The van der Waals surface area contributed by atoms with Gasteiger partial charge in [-0.05, 0) is 6.92 Å². The number of hydrogen-bond donors (Lipinski definition) is 1. The minimum Gasteiger partial charge on any atom is -0.329 e. The quantitative estimate of drug-likeness (QED) is 0.912. The topological polar surface area (TPSA) is 45.4 Å². The molecule has 0 atom stereocenters. The van der Waals surface area contributed by atoms with Gasteiger partial charge in [0.2, 0.25) is 0 Å². The molecule has 1 aliphatic heterocycles. The summed E-state index contributed by atoms with van der Waals surface area (Å²) in [4.78, 5) is 10.6. The summed E-state index contributed by atoms with van der Waals surface area (Å²) in [6.07, 6.45) is 2.01. The third-order valence-corrected chi connectivity index (χ3v) is 3.86. The fraction of sp³-hybridized carbons (Fsp3) is 0.727. The van der Waals surface area contributed by atoms with Crippen LogP contribution in [0.4, 0.5) is 0 Å². The highest BCUT2D eigenvalue weighted by Gasteiger charge is 2.16. The zero-order valence-electron chi connectivity index (χ0n) is 10.7. The van der Waals surface area contributed by atoms with Crippen LogP contribution in [0.3, 0.4) is 0 Å². The van der Waals surface area contributed by atoms with E-state index in [-0.39, 0.29) is 24.8 Å². The monoisotopic (exact) mass is 312 g/mol. The zero-order chi connectivity index (χ0) is 11.4. The fourth-order valence-corrected chi connectivity index (χ4v) is 2.89. The molecule has 0 aliphatic carbocycles. The summed E-state index contributed by atoms with van der Waals surface area (Å²) >= 11 is 1.81. The SMILES string of the molecule is Cc1ncc(CN2CCN(CCN)CC2)s1.Cl.Cl. The predicted molar refractivity (Wildman–Crippen MR) is 82.1 cm³/mol. The van der Waals surface area contributed by atoms with Crippen LogP contribution in [-0.4, -0.2) is 54.1 Å². The number of hydrogen-bond acceptors (Lipinski definition) is 5. The lowest BCUT2D eigenvalue weighted by Gasteiger charge is -2.34. The van der Waals surface area contributed by atoms with Crippen LogP contribution in [0.2, 0.25) is 0 Å². The van der Waals surface area contributed by atoms with Crippen LogP contribution in [0.1, 0.15) is 9.88 Å². The smallest absolute Gasteiger partial charge is 0.0897 e. The summed E-state index contributed by atoms with van der Waals surface area (Å²) in [5.41, 5.74) is 5.56. The first-order valence-electron chi connectivity index (χ1n) is 5.84. The van der Waals surface area contributed by atoms with Crippen molar-refractivity contribution in [1.82, 2.24) is 14.8 Å². The molecule has 0 saturated carbocycles. The molecule has 1 aromatic heterocycles. The van der Waals surface area contributed by atoms with Crippen molar-refractivity contribution < 1.29 is 0 Å². The predicted octanol–water partition coefficient (Wildman–Crippen LogP) is 1.37. The Labute approximate surface area is 125 Å². The maximum atomic E-state index is 5.56. The summed E-state index contributed by atoms with van der Waals surface area (Å²) in [6, 6.07) is 0. The molecule has 18 heavy (non-hydrogen) atoms. The third-order valence-electron chi connectivity index (χ3n) is 2.96. The lowest BCUT2D eigenvalue weighted by Crippen LogP contribution is -2.47. The molecule has 0 unspecified atom stereocenters. The molecule has 4 nitrogen and oxygen atoms in total. The van der Waals surface area contributed by atoms with Gasteiger partial charge >= 0.3 is 0 Å². The molecule has 0 spiro atoms. The van der Waals surface area contributed by atoms with E-state index in [0.29, 0.717) is 0 Å². The van der Waals surface area contributed by atoms with Crippen LogP contribution in [0.5, 0.6) is 0 Å². The molecule has 7 heteroatoms. The normalized spacial score (nSPS) is 17.0. The highest BCUT2D eigenvalue weighted by molar-refractivity contribution is 7.11. The molecule has 1 aliphatic rings. The standard InChI is InChI=1S/C11H20N4S.2ClH/c1-10-13-8-11(16-10)9-15-6-4-14(3-2-12)5-7-15;;/h8H,2-7,9,12H2,1H3;2*1H. The molecule has 106 valence electrons. The number of nitrogens with two attached hydrogens (primary N) is 1. The molecule has 2 heterocycles. The Hall–Kier alpha value is 0.0900. The Morgan fingerprint density at radius 3 is 2.33 bits per heavy atom. The fourth-order valence-electron chi connectivity index (χ4n) is 2.05. The Bertz CT molecular complexity index is 327. The summed E-state index contributed by atoms with van der Waals surface area (Å²) < 4.78 is 0. The first kappa shape index (κ1) is 18.1. The molecule has 0 radical (unpaired) electrons. The molecule has 0 bridgehead atoms. The summed E-state index contributed by atoms with van der Waals surface area (Å²) in [7, 11) is 0. The van der Waals surface area contributed by atoms with Crippen molar-refractivity contribution in [2.45, 2.75) is 13.5 Å². The Balaban J connectivity index is 0.00000144.